The maximum Gasteiger partial charge on any atom is 0.0788 e. The van der Waals surface area contributed by atoms with E-state index in [4.69, 9.17) is 0 Å². The van der Waals surface area contributed by atoms with Crippen molar-refractivity contribution in [1.82, 2.24) is 4.98 Å². The smallest absolute Gasteiger partial charge is 0.0788 e. The van der Waals surface area contributed by atoms with Gasteiger partial charge in [-0.3, -0.25) is 4.98 Å². The zero-order valence-corrected chi connectivity index (χ0v) is 9.99. The first-order chi connectivity index (χ1) is 7.09. The normalized spacial score (nSPS) is 15.8. The van der Waals surface area contributed by atoms with Gasteiger partial charge in [-0.1, -0.05) is 0 Å². The average molecular weight is 205 g/mol. The first kappa shape index (κ1) is 10.3. The Balaban J connectivity index is 2.46. The molecule has 1 aromatic heterocycles. The molecule has 0 radical (unpaired) electrons. The molecule has 15 heavy (non-hydrogen) atoms. The third-order valence-electron chi connectivity index (χ3n) is 3.02. The van der Waals surface area contributed by atoms with Crippen molar-refractivity contribution in [3.63, 3.8) is 0 Å². The van der Waals surface area contributed by atoms with Crippen molar-refractivity contribution in [1.29, 1.82) is 0 Å². The molecular weight excluding hydrogens is 186 g/mol. The van der Waals surface area contributed by atoms with Crippen LogP contribution in [-0.4, -0.2) is 31.2 Å². The number of pyridine rings is 1. The van der Waals surface area contributed by atoms with Gasteiger partial charge < -0.3 is 9.80 Å². The summed E-state index contributed by atoms with van der Waals surface area (Å²) in [6, 6.07) is 2.74. The molecule has 0 saturated carbocycles. The lowest BCUT2D eigenvalue weighted by atomic mass is 10.1. The van der Waals surface area contributed by atoms with Crippen LogP contribution in [0.15, 0.2) is 12.3 Å². The number of hydrogen-bond donors (Lipinski definition) is 0. The van der Waals surface area contributed by atoms with Gasteiger partial charge in [0.1, 0.15) is 0 Å². The molecule has 0 spiro atoms. The van der Waals surface area contributed by atoms with E-state index in [2.05, 4.69) is 41.7 Å². The highest BCUT2D eigenvalue weighted by Gasteiger charge is 2.22. The number of fused-ring (bicyclic) bond motifs is 1. The molecule has 1 aromatic rings. The fourth-order valence-corrected chi connectivity index (χ4v) is 2.10. The molecule has 82 valence electrons. The molecule has 2 heterocycles. The molecule has 1 aliphatic rings. The van der Waals surface area contributed by atoms with Gasteiger partial charge in [0, 0.05) is 31.9 Å². The third kappa shape index (κ3) is 1.78. The molecule has 3 heteroatoms. The van der Waals surface area contributed by atoms with Crippen molar-refractivity contribution in [2.24, 2.45) is 0 Å². The lowest BCUT2D eigenvalue weighted by Crippen LogP contribution is -2.42. The van der Waals surface area contributed by atoms with E-state index in [0.717, 1.165) is 18.8 Å². The summed E-state index contributed by atoms with van der Waals surface area (Å²) in [6.07, 6.45) is 1.99. The molecule has 0 amide bonds. The van der Waals surface area contributed by atoms with Crippen LogP contribution in [0.25, 0.3) is 0 Å². The third-order valence-corrected chi connectivity index (χ3v) is 3.02. The summed E-state index contributed by atoms with van der Waals surface area (Å²) >= 11 is 0. The Morgan fingerprint density at radius 3 is 2.67 bits per heavy atom. The summed E-state index contributed by atoms with van der Waals surface area (Å²) in [4.78, 5) is 9.10. The maximum atomic E-state index is 4.37. The van der Waals surface area contributed by atoms with Crippen molar-refractivity contribution >= 4 is 11.4 Å². The molecular formula is C12H19N3. The van der Waals surface area contributed by atoms with Gasteiger partial charge in [0.2, 0.25) is 0 Å². The summed E-state index contributed by atoms with van der Waals surface area (Å²) in [6.45, 7) is 8.71. The van der Waals surface area contributed by atoms with E-state index in [1.807, 2.05) is 13.1 Å². The molecule has 0 aromatic carbocycles. The highest BCUT2D eigenvalue weighted by atomic mass is 15.3. The lowest BCUT2D eigenvalue weighted by molar-refractivity contribution is 0.653. The summed E-state index contributed by atoms with van der Waals surface area (Å²) in [7, 11) is 2.13. The van der Waals surface area contributed by atoms with Crippen LogP contribution < -0.4 is 9.80 Å². The van der Waals surface area contributed by atoms with Gasteiger partial charge >= 0.3 is 0 Å². The van der Waals surface area contributed by atoms with Crippen LogP contribution in [0.2, 0.25) is 0 Å². The quantitative estimate of drug-likeness (QED) is 0.699. The largest absolute Gasteiger partial charge is 0.370 e. The fraction of sp³-hybridized carbons (Fsp3) is 0.583. The van der Waals surface area contributed by atoms with Gasteiger partial charge in [0.05, 0.1) is 17.6 Å². The van der Waals surface area contributed by atoms with E-state index < -0.39 is 0 Å². The number of hydrogen-bond acceptors (Lipinski definition) is 3. The number of aromatic nitrogens is 1. The van der Waals surface area contributed by atoms with Gasteiger partial charge in [-0.2, -0.15) is 0 Å². The minimum Gasteiger partial charge on any atom is -0.370 e. The van der Waals surface area contributed by atoms with E-state index in [1.54, 1.807) is 0 Å². The number of nitrogens with zero attached hydrogens (tertiary/aromatic N) is 3. The van der Waals surface area contributed by atoms with Crippen molar-refractivity contribution in [3.8, 4) is 0 Å². The Labute approximate surface area is 91.7 Å². The average Bonchev–Trinajstić information content (AvgIpc) is 2.17. The molecule has 2 rings (SSSR count). The molecule has 0 saturated heterocycles. The Morgan fingerprint density at radius 1 is 1.27 bits per heavy atom. The zero-order chi connectivity index (χ0) is 11.0. The molecule has 1 aliphatic heterocycles. The van der Waals surface area contributed by atoms with E-state index >= 15 is 0 Å². The SMILES string of the molecule is Cc1cc2c(cn1)N(C)CCN2C(C)C. The standard InChI is InChI=1S/C12H19N3/c1-9(2)15-6-5-14(4)12-8-13-10(3)7-11(12)15/h7-9H,5-6H2,1-4H3. The molecule has 0 atom stereocenters. The number of rotatable bonds is 1. The van der Waals surface area contributed by atoms with Crippen molar-refractivity contribution < 1.29 is 0 Å². The predicted molar refractivity (Wildman–Crippen MR) is 64.7 cm³/mol. The number of likely N-dealkylation sites (N-methyl/N-ethyl adjacent to an activating group) is 1. The summed E-state index contributed by atoms with van der Waals surface area (Å²) < 4.78 is 0. The topological polar surface area (TPSA) is 19.4 Å². The summed E-state index contributed by atoms with van der Waals surface area (Å²) in [5, 5.41) is 0. The highest BCUT2D eigenvalue weighted by Crippen LogP contribution is 2.32. The second-order valence-electron chi connectivity index (χ2n) is 4.52. The Bertz CT molecular complexity index is 360. The minimum absolute atomic E-state index is 0.555. The van der Waals surface area contributed by atoms with Crippen LogP contribution in [0.3, 0.4) is 0 Å². The van der Waals surface area contributed by atoms with E-state index in [-0.39, 0.29) is 0 Å². The molecule has 0 fully saturated rings. The van der Waals surface area contributed by atoms with Gasteiger partial charge in [0.15, 0.2) is 0 Å². The monoisotopic (exact) mass is 205 g/mol. The van der Waals surface area contributed by atoms with E-state index in [1.165, 1.54) is 11.4 Å². The second-order valence-corrected chi connectivity index (χ2v) is 4.52. The Hall–Kier alpha value is -1.25. The van der Waals surface area contributed by atoms with Gasteiger partial charge in [-0.15, -0.1) is 0 Å². The van der Waals surface area contributed by atoms with Crippen LogP contribution in [0.4, 0.5) is 11.4 Å². The maximum absolute atomic E-state index is 4.37. The highest BCUT2D eigenvalue weighted by molar-refractivity contribution is 5.72. The number of anilines is 2. The van der Waals surface area contributed by atoms with Crippen LogP contribution in [0.1, 0.15) is 19.5 Å². The van der Waals surface area contributed by atoms with E-state index in [0.29, 0.717) is 6.04 Å². The molecule has 0 bridgehead atoms. The Kier molecular flexibility index (Phi) is 2.55. The van der Waals surface area contributed by atoms with Gasteiger partial charge in [-0.05, 0) is 26.8 Å². The molecule has 0 aliphatic carbocycles. The fourth-order valence-electron chi connectivity index (χ4n) is 2.10. The molecule has 3 nitrogen and oxygen atoms in total. The zero-order valence-electron chi connectivity index (χ0n) is 9.99. The van der Waals surface area contributed by atoms with Gasteiger partial charge in [-0.25, -0.2) is 0 Å². The second kappa shape index (κ2) is 3.72. The number of aryl methyl sites for hydroxylation is 1. The van der Waals surface area contributed by atoms with Crippen molar-refractivity contribution in [3.05, 3.63) is 18.0 Å². The van der Waals surface area contributed by atoms with Crippen LogP contribution >= 0.6 is 0 Å². The summed E-state index contributed by atoms with van der Waals surface area (Å²) in [5.41, 5.74) is 3.67. The Morgan fingerprint density at radius 2 is 2.00 bits per heavy atom. The van der Waals surface area contributed by atoms with Crippen LogP contribution in [0.5, 0.6) is 0 Å². The lowest BCUT2D eigenvalue weighted by Gasteiger charge is -2.39. The molecule has 0 unspecified atom stereocenters. The first-order valence-electron chi connectivity index (χ1n) is 5.54. The van der Waals surface area contributed by atoms with Crippen molar-refractivity contribution in [2.45, 2.75) is 26.8 Å². The van der Waals surface area contributed by atoms with Gasteiger partial charge in [0.25, 0.3) is 0 Å². The first-order valence-corrected chi connectivity index (χ1v) is 5.54. The van der Waals surface area contributed by atoms with Crippen molar-refractivity contribution in [2.75, 3.05) is 29.9 Å². The van der Waals surface area contributed by atoms with Crippen LogP contribution in [0, 0.1) is 6.92 Å². The summed E-state index contributed by atoms with van der Waals surface area (Å²) in [5.74, 6) is 0. The minimum atomic E-state index is 0.555. The van der Waals surface area contributed by atoms with E-state index in [9.17, 15) is 0 Å². The molecule has 0 N–H and O–H groups in total. The predicted octanol–water partition coefficient (Wildman–Crippen LogP) is 2.05. The van der Waals surface area contributed by atoms with Crippen LogP contribution in [-0.2, 0) is 0 Å².